The van der Waals surface area contributed by atoms with Gasteiger partial charge in [0.15, 0.2) is 0 Å². The third-order valence-corrected chi connectivity index (χ3v) is 7.23. The number of benzene rings is 2. The third kappa shape index (κ3) is 7.62. The van der Waals surface area contributed by atoms with Crippen LogP contribution in [0.4, 0.5) is 0 Å². The highest BCUT2D eigenvalue weighted by atomic mass is 32.2. The van der Waals surface area contributed by atoms with E-state index in [0.717, 1.165) is 37.6 Å². The summed E-state index contributed by atoms with van der Waals surface area (Å²) in [6, 6.07) is 13.6. The molecule has 2 aromatic rings. The van der Waals surface area contributed by atoms with E-state index >= 15 is 0 Å². The normalized spacial score (nSPS) is 15.9. The van der Waals surface area contributed by atoms with E-state index in [-0.39, 0.29) is 11.3 Å². The quantitative estimate of drug-likeness (QED) is 0.420. The number of hydrogen-bond donors (Lipinski definition) is 3. The fourth-order valence-electron chi connectivity index (χ4n) is 3.89. The lowest BCUT2D eigenvalue weighted by molar-refractivity contribution is -0.138. The van der Waals surface area contributed by atoms with Crippen LogP contribution in [0.25, 0.3) is 0 Å². The molecule has 2 aromatic carbocycles. The third-order valence-electron chi connectivity index (χ3n) is 5.75. The zero-order valence-electron chi connectivity index (χ0n) is 18.2. The van der Waals surface area contributed by atoms with E-state index < -0.39 is 22.0 Å². The molecule has 0 aliphatic carbocycles. The van der Waals surface area contributed by atoms with Crippen molar-refractivity contribution in [3.63, 3.8) is 0 Å². The summed E-state index contributed by atoms with van der Waals surface area (Å²) in [5, 5.41) is 12.9. The maximum Gasteiger partial charge on any atom is 0.322 e. The van der Waals surface area contributed by atoms with E-state index in [2.05, 4.69) is 10.0 Å². The van der Waals surface area contributed by atoms with E-state index in [9.17, 15) is 18.3 Å². The molecule has 1 heterocycles. The summed E-state index contributed by atoms with van der Waals surface area (Å²) < 4.78 is 33.0. The van der Waals surface area contributed by atoms with Crippen LogP contribution in [0.3, 0.4) is 0 Å². The fraction of sp³-hybridized carbons (Fsp3) is 0.458. The molecule has 32 heavy (non-hydrogen) atoms. The summed E-state index contributed by atoms with van der Waals surface area (Å²) in [7, 11) is -3.92. The SMILES string of the molecule is O=C(O)[C@H](Cc1ccc(OCCCCC2CCNCC2)cc1)NS(=O)(=O)c1ccccc1. The second-order valence-corrected chi connectivity index (χ2v) is 9.92. The number of unbranched alkanes of at least 4 members (excludes halogenated alkanes) is 1. The predicted octanol–water partition coefficient (Wildman–Crippen LogP) is 3.21. The van der Waals surface area contributed by atoms with Crippen molar-refractivity contribution in [2.24, 2.45) is 5.92 Å². The van der Waals surface area contributed by atoms with Gasteiger partial charge in [-0.2, -0.15) is 4.72 Å². The molecule has 0 saturated carbocycles. The van der Waals surface area contributed by atoms with Crippen LogP contribution in [-0.2, 0) is 21.2 Å². The van der Waals surface area contributed by atoms with E-state index in [1.807, 2.05) is 0 Å². The van der Waals surface area contributed by atoms with E-state index in [1.54, 1.807) is 42.5 Å². The molecule has 1 saturated heterocycles. The highest BCUT2D eigenvalue weighted by Crippen LogP contribution is 2.19. The maximum atomic E-state index is 12.5. The smallest absolute Gasteiger partial charge is 0.322 e. The lowest BCUT2D eigenvalue weighted by atomic mass is 9.93. The summed E-state index contributed by atoms with van der Waals surface area (Å²) in [5.74, 6) is 0.336. The Balaban J connectivity index is 1.46. The molecule has 8 heteroatoms. The van der Waals surface area contributed by atoms with Crippen LogP contribution < -0.4 is 14.8 Å². The number of carbonyl (C=O) groups is 1. The van der Waals surface area contributed by atoms with Crippen LogP contribution in [0, 0.1) is 5.92 Å². The summed E-state index contributed by atoms with van der Waals surface area (Å²) in [6.07, 6.45) is 5.98. The van der Waals surface area contributed by atoms with Crippen LogP contribution in [0.1, 0.15) is 37.7 Å². The molecule has 0 amide bonds. The first-order valence-electron chi connectivity index (χ1n) is 11.2. The summed E-state index contributed by atoms with van der Waals surface area (Å²) >= 11 is 0. The molecule has 0 bridgehead atoms. The van der Waals surface area contributed by atoms with Crippen LogP contribution >= 0.6 is 0 Å². The molecule has 3 N–H and O–H groups in total. The van der Waals surface area contributed by atoms with Gasteiger partial charge >= 0.3 is 5.97 Å². The minimum Gasteiger partial charge on any atom is -0.494 e. The number of nitrogens with one attached hydrogen (secondary N) is 2. The Morgan fingerprint density at radius 1 is 1.06 bits per heavy atom. The molecule has 0 radical (unpaired) electrons. The highest BCUT2D eigenvalue weighted by Gasteiger charge is 2.25. The van der Waals surface area contributed by atoms with Crippen molar-refractivity contribution in [2.45, 2.75) is 49.5 Å². The average Bonchev–Trinajstić information content (AvgIpc) is 2.80. The second-order valence-electron chi connectivity index (χ2n) is 8.21. The molecular formula is C24H32N2O5S. The van der Waals surface area contributed by atoms with Crippen molar-refractivity contribution in [1.82, 2.24) is 10.0 Å². The average molecular weight is 461 g/mol. The second kappa shape index (κ2) is 12.0. The molecule has 1 fully saturated rings. The maximum absolute atomic E-state index is 12.5. The molecule has 0 spiro atoms. The van der Waals surface area contributed by atoms with Gasteiger partial charge in [-0.25, -0.2) is 8.42 Å². The molecule has 0 aromatic heterocycles. The first-order chi connectivity index (χ1) is 15.4. The molecule has 1 atom stereocenters. The standard InChI is InChI=1S/C24H32N2O5S/c27-24(28)23(26-32(29,30)22-7-2-1-3-8-22)18-20-9-11-21(12-10-20)31-17-5-4-6-19-13-15-25-16-14-19/h1-3,7-12,19,23,25-26H,4-6,13-18H2,(H,27,28)/t23-/m0/s1. The van der Waals surface area contributed by atoms with Gasteiger partial charge in [0.1, 0.15) is 11.8 Å². The van der Waals surface area contributed by atoms with Crippen molar-refractivity contribution < 1.29 is 23.1 Å². The minimum atomic E-state index is -3.92. The summed E-state index contributed by atoms with van der Waals surface area (Å²) in [5.41, 5.74) is 0.714. The number of sulfonamides is 1. The van der Waals surface area contributed by atoms with Gasteiger partial charge in [-0.15, -0.1) is 0 Å². The number of carboxylic acids is 1. The summed E-state index contributed by atoms with van der Waals surface area (Å²) in [6.45, 7) is 2.91. The molecule has 3 rings (SSSR count). The first-order valence-corrected chi connectivity index (χ1v) is 12.6. The van der Waals surface area contributed by atoms with Crippen molar-refractivity contribution in [3.05, 3.63) is 60.2 Å². The Bertz CT molecular complexity index is 942. The van der Waals surface area contributed by atoms with Crippen LogP contribution in [0.2, 0.25) is 0 Å². The van der Waals surface area contributed by atoms with Crippen molar-refractivity contribution in [3.8, 4) is 5.75 Å². The Morgan fingerprint density at radius 2 is 1.75 bits per heavy atom. The zero-order chi connectivity index (χ0) is 22.8. The van der Waals surface area contributed by atoms with Gasteiger partial charge in [-0.3, -0.25) is 4.79 Å². The molecule has 0 unspecified atom stereocenters. The lowest BCUT2D eigenvalue weighted by Gasteiger charge is -2.22. The number of piperidine rings is 1. The van der Waals surface area contributed by atoms with Gasteiger partial charge in [0.25, 0.3) is 0 Å². The van der Waals surface area contributed by atoms with Gasteiger partial charge in [0.2, 0.25) is 10.0 Å². The van der Waals surface area contributed by atoms with Crippen molar-refractivity contribution >= 4 is 16.0 Å². The van der Waals surface area contributed by atoms with Gasteiger partial charge in [0, 0.05) is 0 Å². The van der Waals surface area contributed by atoms with E-state index in [4.69, 9.17) is 4.74 Å². The Kier molecular flexibility index (Phi) is 9.08. The predicted molar refractivity (Wildman–Crippen MR) is 123 cm³/mol. The Hall–Kier alpha value is -2.42. The summed E-state index contributed by atoms with van der Waals surface area (Å²) in [4.78, 5) is 11.7. The molecule has 7 nitrogen and oxygen atoms in total. The molecule has 1 aliphatic heterocycles. The van der Waals surface area contributed by atoms with Crippen molar-refractivity contribution in [2.75, 3.05) is 19.7 Å². The zero-order valence-corrected chi connectivity index (χ0v) is 19.0. The van der Waals surface area contributed by atoms with Gasteiger partial charge in [-0.05, 0) is 80.9 Å². The number of carboxylic acid groups (broad SMARTS) is 1. The van der Waals surface area contributed by atoms with Crippen LogP contribution in [-0.4, -0.2) is 45.2 Å². The fourth-order valence-corrected chi connectivity index (χ4v) is 5.10. The highest BCUT2D eigenvalue weighted by molar-refractivity contribution is 7.89. The topological polar surface area (TPSA) is 105 Å². The van der Waals surface area contributed by atoms with Gasteiger partial charge in [-0.1, -0.05) is 36.8 Å². The number of rotatable bonds is 12. The van der Waals surface area contributed by atoms with Crippen molar-refractivity contribution in [1.29, 1.82) is 0 Å². The Morgan fingerprint density at radius 3 is 2.41 bits per heavy atom. The Labute approximate surface area is 190 Å². The lowest BCUT2D eigenvalue weighted by Crippen LogP contribution is -2.42. The van der Waals surface area contributed by atoms with Crippen LogP contribution in [0.5, 0.6) is 5.75 Å². The largest absolute Gasteiger partial charge is 0.494 e. The van der Waals surface area contributed by atoms with E-state index in [0.29, 0.717) is 12.2 Å². The first kappa shape index (κ1) is 24.2. The minimum absolute atomic E-state index is 0.0372. The number of ether oxygens (including phenoxy) is 1. The van der Waals surface area contributed by atoms with Crippen LogP contribution in [0.15, 0.2) is 59.5 Å². The monoisotopic (exact) mass is 460 g/mol. The van der Waals surface area contributed by atoms with Gasteiger partial charge < -0.3 is 15.2 Å². The van der Waals surface area contributed by atoms with Gasteiger partial charge in [0.05, 0.1) is 11.5 Å². The number of hydrogen-bond acceptors (Lipinski definition) is 5. The molecule has 174 valence electrons. The van der Waals surface area contributed by atoms with E-state index in [1.165, 1.54) is 31.4 Å². The number of aliphatic carboxylic acids is 1. The molecular weight excluding hydrogens is 428 g/mol. The molecule has 1 aliphatic rings.